The first-order valence-corrected chi connectivity index (χ1v) is 13.8. The molecule has 0 aromatic heterocycles. The summed E-state index contributed by atoms with van der Waals surface area (Å²) in [4.78, 5) is 30.2. The Morgan fingerprint density at radius 1 is 1.08 bits per heavy atom. The van der Waals surface area contributed by atoms with Crippen molar-refractivity contribution in [3.05, 3.63) is 59.2 Å². The number of hydrogen-bond donors (Lipinski definition) is 2. The van der Waals surface area contributed by atoms with Crippen LogP contribution in [0.3, 0.4) is 0 Å². The zero-order valence-corrected chi connectivity index (χ0v) is 23.0. The summed E-state index contributed by atoms with van der Waals surface area (Å²) < 4.78 is 0. The van der Waals surface area contributed by atoms with E-state index in [1.54, 1.807) is 17.1 Å². The molecule has 6 nitrogen and oxygen atoms in total. The fourth-order valence-corrected chi connectivity index (χ4v) is 5.17. The van der Waals surface area contributed by atoms with Crippen LogP contribution >= 0.6 is 0 Å². The summed E-state index contributed by atoms with van der Waals surface area (Å²) in [6.07, 6.45) is 14.7. The van der Waals surface area contributed by atoms with E-state index >= 15 is 0 Å². The molecule has 202 valence electrons. The Labute approximate surface area is 222 Å². The van der Waals surface area contributed by atoms with Gasteiger partial charge >= 0.3 is 0 Å². The van der Waals surface area contributed by atoms with Crippen molar-refractivity contribution in [2.75, 3.05) is 29.5 Å². The van der Waals surface area contributed by atoms with E-state index in [2.05, 4.69) is 32.9 Å². The number of carbonyl (C=O) groups is 2. The van der Waals surface area contributed by atoms with Crippen molar-refractivity contribution in [2.24, 2.45) is 5.92 Å². The van der Waals surface area contributed by atoms with Crippen LogP contribution in [0.4, 0.5) is 11.4 Å². The summed E-state index contributed by atoms with van der Waals surface area (Å²) in [5.41, 5.74) is 2.71. The van der Waals surface area contributed by atoms with Gasteiger partial charge in [0, 0.05) is 43.3 Å². The van der Waals surface area contributed by atoms with Gasteiger partial charge in [0.15, 0.2) is 5.60 Å². The second kappa shape index (κ2) is 13.2. The van der Waals surface area contributed by atoms with Crippen molar-refractivity contribution in [2.45, 2.75) is 84.7 Å². The number of amides is 2. The first kappa shape index (κ1) is 28.9. The molecule has 1 aromatic rings. The molecule has 2 atom stereocenters. The number of fused-ring (bicyclic) bond motifs is 1. The van der Waals surface area contributed by atoms with E-state index in [4.69, 9.17) is 0 Å². The molecular formula is C31H44N2O4. The van der Waals surface area contributed by atoms with Gasteiger partial charge in [-0.15, -0.1) is 0 Å². The summed E-state index contributed by atoms with van der Waals surface area (Å²) >= 11 is 0. The van der Waals surface area contributed by atoms with Crippen LogP contribution in [0.2, 0.25) is 0 Å². The number of rotatable bonds is 10. The minimum Gasteiger partial charge on any atom is -0.396 e. The van der Waals surface area contributed by atoms with E-state index in [-0.39, 0.29) is 18.4 Å². The maximum atomic E-state index is 13.8. The van der Waals surface area contributed by atoms with E-state index in [1.807, 2.05) is 30.0 Å². The molecule has 0 saturated carbocycles. The SMILES string of the molecule is CC(C)=CCC/C(C)=C/CN1C(=O)[C@@](O)([C@@H](C)/C=C/CCO)c2cc(N3CCCCCCC3=O)ccc21. The summed E-state index contributed by atoms with van der Waals surface area (Å²) in [7, 11) is 0. The molecule has 2 heterocycles. The van der Waals surface area contributed by atoms with Gasteiger partial charge in [0.25, 0.3) is 5.91 Å². The van der Waals surface area contributed by atoms with Gasteiger partial charge in [0.05, 0.1) is 5.69 Å². The lowest BCUT2D eigenvalue weighted by atomic mass is 9.82. The Balaban J connectivity index is 1.97. The van der Waals surface area contributed by atoms with Gasteiger partial charge in [-0.1, -0.05) is 55.2 Å². The molecule has 0 spiro atoms. The molecule has 2 N–H and O–H groups in total. The first-order valence-electron chi connectivity index (χ1n) is 13.8. The van der Waals surface area contributed by atoms with Crippen molar-refractivity contribution in [3.63, 3.8) is 0 Å². The van der Waals surface area contributed by atoms with Crippen molar-refractivity contribution in [1.29, 1.82) is 0 Å². The van der Waals surface area contributed by atoms with Gasteiger partial charge in [0.1, 0.15) is 0 Å². The van der Waals surface area contributed by atoms with Crippen LogP contribution in [-0.2, 0) is 15.2 Å². The van der Waals surface area contributed by atoms with Crippen molar-refractivity contribution < 1.29 is 19.8 Å². The van der Waals surface area contributed by atoms with Gasteiger partial charge in [-0.05, 0) is 71.1 Å². The third-order valence-electron chi connectivity index (χ3n) is 7.48. The molecule has 1 saturated heterocycles. The number of allylic oxidation sites excluding steroid dienone is 3. The van der Waals surface area contributed by atoms with Crippen LogP contribution in [-0.4, -0.2) is 41.7 Å². The van der Waals surface area contributed by atoms with E-state index in [1.165, 1.54) is 11.1 Å². The molecule has 2 aliphatic heterocycles. The predicted octanol–water partition coefficient (Wildman–Crippen LogP) is 5.79. The quantitative estimate of drug-likeness (QED) is 0.392. The first-order chi connectivity index (χ1) is 17.7. The number of anilines is 2. The highest BCUT2D eigenvalue weighted by atomic mass is 16.3. The Bertz CT molecular complexity index is 1050. The normalized spacial score (nSPS) is 21.7. The second-order valence-electron chi connectivity index (χ2n) is 10.7. The second-order valence-corrected chi connectivity index (χ2v) is 10.7. The van der Waals surface area contributed by atoms with E-state index in [0.717, 1.165) is 44.2 Å². The van der Waals surface area contributed by atoms with Crippen molar-refractivity contribution in [3.8, 4) is 0 Å². The van der Waals surface area contributed by atoms with Crippen LogP contribution in [0.1, 0.15) is 84.6 Å². The lowest BCUT2D eigenvalue weighted by Crippen LogP contribution is -2.44. The summed E-state index contributed by atoms with van der Waals surface area (Å²) in [5, 5.41) is 21.2. The van der Waals surface area contributed by atoms with Crippen LogP contribution in [0.15, 0.2) is 53.6 Å². The van der Waals surface area contributed by atoms with Crippen LogP contribution in [0, 0.1) is 5.92 Å². The summed E-state index contributed by atoms with van der Waals surface area (Å²) in [6, 6.07) is 5.62. The highest BCUT2D eigenvalue weighted by Gasteiger charge is 2.52. The Morgan fingerprint density at radius 2 is 1.84 bits per heavy atom. The van der Waals surface area contributed by atoms with Gasteiger partial charge in [0.2, 0.25) is 5.91 Å². The smallest absolute Gasteiger partial charge is 0.264 e. The summed E-state index contributed by atoms with van der Waals surface area (Å²) in [6.45, 7) is 9.11. The fraction of sp³-hybridized carbons (Fsp3) is 0.548. The predicted molar refractivity (Wildman–Crippen MR) is 151 cm³/mol. The molecule has 6 heteroatoms. The molecule has 2 amide bonds. The van der Waals surface area contributed by atoms with Crippen LogP contribution in [0.25, 0.3) is 0 Å². The van der Waals surface area contributed by atoms with Gasteiger partial charge in [-0.25, -0.2) is 0 Å². The zero-order chi connectivity index (χ0) is 27.0. The number of aliphatic hydroxyl groups excluding tert-OH is 1. The number of aliphatic hydroxyl groups is 2. The maximum absolute atomic E-state index is 13.8. The minimum atomic E-state index is -1.74. The molecule has 1 aromatic carbocycles. The number of carbonyl (C=O) groups excluding carboxylic acids is 2. The zero-order valence-electron chi connectivity index (χ0n) is 23.0. The highest BCUT2D eigenvalue weighted by Crippen LogP contribution is 2.46. The van der Waals surface area contributed by atoms with E-state index in [9.17, 15) is 19.8 Å². The van der Waals surface area contributed by atoms with Gasteiger partial charge < -0.3 is 20.0 Å². The Kier molecular flexibility index (Phi) is 10.3. The van der Waals surface area contributed by atoms with Crippen molar-refractivity contribution >= 4 is 23.2 Å². The Hall–Kier alpha value is -2.70. The summed E-state index contributed by atoms with van der Waals surface area (Å²) in [5.74, 6) is -0.764. The largest absolute Gasteiger partial charge is 0.396 e. The lowest BCUT2D eigenvalue weighted by molar-refractivity contribution is -0.139. The van der Waals surface area contributed by atoms with Crippen LogP contribution in [0.5, 0.6) is 0 Å². The number of hydrogen-bond acceptors (Lipinski definition) is 4. The molecular weight excluding hydrogens is 464 g/mol. The highest BCUT2D eigenvalue weighted by molar-refractivity contribution is 6.08. The molecule has 2 aliphatic rings. The molecule has 0 radical (unpaired) electrons. The molecule has 0 unspecified atom stereocenters. The molecule has 37 heavy (non-hydrogen) atoms. The molecule has 3 rings (SSSR count). The monoisotopic (exact) mass is 508 g/mol. The van der Waals surface area contributed by atoms with E-state index < -0.39 is 11.5 Å². The fourth-order valence-electron chi connectivity index (χ4n) is 5.17. The maximum Gasteiger partial charge on any atom is 0.264 e. The van der Waals surface area contributed by atoms with Gasteiger partial charge in [-0.2, -0.15) is 0 Å². The third kappa shape index (κ3) is 6.79. The number of benzene rings is 1. The van der Waals surface area contributed by atoms with Crippen LogP contribution < -0.4 is 9.80 Å². The molecule has 0 bridgehead atoms. The average Bonchev–Trinajstić information content (AvgIpc) is 3.07. The molecule has 0 aliphatic carbocycles. The minimum absolute atomic E-state index is 0.0103. The topological polar surface area (TPSA) is 81.1 Å². The lowest BCUT2D eigenvalue weighted by Gasteiger charge is -2.29. The van der Waals surface area contributed by atoms with Crippen molar-refractivity contribution in [1.82, 2.24) is 0 Å². The number of nitrogens with zero attached hydrogens (tertiary/aromatic N) is 2. The Morgan fingerprint density at radius 3 is 2.57 bits per heavy atom. The standard InChI is InChI=1S/C31H44N2O4/c1-23(2)12-11-13-24(3)18-20-33-28-17-16-26(32-19-9-6-5-7-15-29(32)35)22-27(28)31(37,30(33)36)25(4)14-8-10-21-34/h8,12,14,16-18,22,25,34,37H,5-7,9-11,13,15,19-21H2,1-4H3/b14-8+,24-18+/t25-,31+/m0/s1. The van der Waals surface area contributed by atoms with E-state index in [0.29, 0.717) is 37.2 Å². The molecule has 1 fully saturated rings. The third-order valence-corrected chi connectivity index (χ3v) is 7.48. The average molecular weight is 509 g/mol. The van der Waals surface area contributed by atoms with Gasteiger partial charge in [-0.3, -0.25) is 9.59 Å².